The molecule has 0 bridgehead atoms. The minimum absolute atomic E-state index is 0.0393. The first-order valence-electron chi connectivity index (χ1n) is 11.1. The van der Waals surface area contributed by atoms with Crippen LogP contribution in [-0.4, -0.2) is 39.9 Å². The summed E-state index contributed by atoms with van der Waals surface area (Å²) in [5, 5.41) is 4.11. The molecular weight excluding hydrogens is 414 g/mol. The summed E-state index contributed by atoms with van der Waals surface area (Å²) in [6, 6.07) is 19.5. The smallest absolute Gasteiger partial charge is 0.257 e. The summed E-state index contributed by atoms with van der Waals surface area (Å²) in [6.07, 6.45) is 3.80. The highest BCUT2D eigenvalue weighted by Crippen LogP contribution is 2.44. The molecule has 2 aromatic carbocycles. The molecule has 0 radical (unpaired) electrons. The Hall–Kier alpha value is -4.13. The zero-order valence-electron chi connectivity index (χ0n) is 18.2. The van der Waals surface area contributed by atoms with Gasteiger partial charge in [0.1, 0.15) is 12.7 Å². The predicted molar refractivity (Wildman–Crippen MR) is 127 cm³/mol. The summed E-state index contributed by atoms with van der Waals surface area (Å²) in [7, 11) is 2.02. The van der Waals surface area contributed by atoms with Crippen LogP contribution in [0.5, 0.6) is 0 Å². The van der Waals surface area contributed by atoms with E-state index in [4.69, 9.17) is 0 Å². The van der Waals surface area contributed by atoms with Gasteiger partial charge in [-0.25, -0.2) is 0 Å². The zero-order valence-corrected chi connectivity index (χ0v) is 18.2. The first kappa shape index (κ1) is 19.5. The molecule has 164 valence electrons. The van der Waals surface area contributed by atoms with Crippen LogP contribution in [0.4, 0.5) is 11.4 Å². The molecule has 1 unspecified atom stereocenters. The number of anilines is 2. The third-order valence-corrected chi connectivity index (χ3v) is 6.67. The number of aromatic nitrogens is 2. The summed E-state index contributed by atoms with van der Waals surface area (Å²) < 4.78 is 2.08. The molecule has 1 atom stereocenters. The average molecular weight is 438 g/mol. The molecular formula is C26H23N5O2. The Morgan fingerprint density at radius 3 is 2.67 bits per heavy atom. The van der Waals surface area contributed by atoms with Gasteiger partial charge in [0.25, 0.3) is 5.91 Å². The van der Waals surface area contributed by atoms with Crippen molar-refractivity contribution >= 4 is 34.1 Å². The van der Waals surface area contributed by atoms with Gasteiger partial charge in [0.15, 0.2) is 0 Å². The maximum atomic E-state index is 13.4. The highest BCUT2D eigenvalue weighted by Gasteiger charge is 2.42. The van der Waals surface area contributed by atoms with Crippen LogP contribution in [0.3, 0.4) is 0 Å². The van der Waals surface area contributed by atoms with E-state index in [2.05, 4.69) is 31.9 Å². The molecule has 0 aliphatic carbocycles. The maximum absolute atomic E-state index is 13.4. The van der Waals surface area contributed by atoms with Crippen molar-refractivity contribution in [2.75, 3.05) is 23.8 Å². The number of nitrogens with one attached hydrogen (secondary N) is 1. The van der Waals surface area contributed by atoms with Crippen molar-refractivity contribution in [3.8, 4) is 0 Å². The lowest BCUT2D eigenvalue weighted by Crippen LogP contribution is -2.51. The van der Waals surface area contributed by atoms with Crippen LogP contribution < -0.4 is 10.2 Å². The number of nitrogens with zero attached hydrogens (tertiary/aromatic N) is 4. The summed E-state index contributed by atoms with van der Waals surface area (Å²) in [6.45, 7) is 0.804. The number of para-hydroxylation sites is 2. The molecule has 7 heteroatoms. The molecule has 4 heterocycles. The number of carbonyl (C=O) groups is 2. The Labute approximate surface area is 191 Å². The predicted octanol–water partition coefficient (Wildman–Crippen LogP) is 3.82. The van der Waals surface area contributed by atoms with Crippen LogP contribution in [0.15, 0.2) is 73.1 Å². The third-order valence-electron chi connectivity index (χ3n) is 6.67. The summed E-state index contributed by atoms with van der Waals surface area (Å²) in [5.74, 6) is -0.0792. The Balaban J connectivity index is 1.48. The SMILES string of the molecule is CN1c2ccccc2C(=O)N2CCc3c(n(CC(=O)Nc4ccncc4)c4ccccc34)C21. The lowest BCUT2D eigenvalue weighted by atomic mass is 9.96. The van der Waals surface area contributed by atoms with E-state index in [0.717, 1.165) is 34.3 Å². The minimum Gasteiger partial charge on any atom is -0.349 e. The molecule has 0 saturated heterocycles. The Kier molecular flexibility index (Phi) is 4.43. The van der Waals surface area contributed by atoms with Gasteiger partial charge in [-0.3, -0.25) is 14.6 Å². The second-order valence-electron chi connectivity index (χ2n) is 8.50. The molecule has 4 aromatic rings. The quantitative estimate of drug-likeness (QED) is 0.529. The molecule has 6 rings (SSSR count). The van der Waals surface area contributed by atoms with Crippen molar-refractivity contribution in [3.63, 3.8) is 0 Å². The average Bonchev–Trinajstić information content (AvgIpc) is 3.16. The van der Waals surface area contributed by atoms with Crippen molar-refractivity contribution in [2.45, 2.75) is 19.1 Å². The van der Waals surface area contributed by atoms with Crippen molar-refractivity contribution in [1.29, 1.82) is 0 Å². The van der Waals surface area contributed by atoms with Crippen LogP contribution in [0.25, 0.3) is 10.9 Å². The number of hydrogen-bond acceptors (Lipinski definition) is 4. The second-order valence-corrected chi connectivity index (χ2v) is 8.50. The molecule has 1 N–H and O–H groups in total. The van der Waals surface area contributed by atoms with E-state index >= 15 is 0 Å². The van der Waals surface area contributed by atoms with E-state index < -0.39 is 0 Å². The number of hydrogen-bond donors (Lipinski definition) is 1. The van der Waals surface area contributed by atoms with Gasteiger partial charge in [0.2, 0.25) is 5.91 Å². The fourth-order valence-corrected chi connectivity index (χ4v) is 5.26. The standard InChI is InChI=1S/C26H23N5O2/c1-29-21-8-4-3-7-20(21)26(33)30-15-12-19-18-6-2-5-9-22(18)31(24(19)25(29)30)16-23(32)28-17-10-13-27-14-11-17/h2-11,13-14,25H,12,15-16H2,1H3,(H,27,28,32). The van der Waals surface area contributed by atoms with E-state index in [1.165, 1.54) is 5.56 Å². The van der Waals surface area contributed by atoms with Crippen LogP contribution in [0.2, 0.25) is 0 Å². The summed E-state index contributed by atoms with van der Waals surface area (Å²) in [5.41, 5.74) is 5.57. The van der Waals surface area contributed by atoms with Crippen molar-refractivity contribution in [1.82, 2.24) is 14.5 Å². The number of benzene rings is 2. The maximum Gasteiger partial charge on any atom is 0.257 e. The highest BCUT2D eigenvalue weighted by molar-refractivity contribution is 6.03. The molecule has 2 amide bonds. The number of rotatable bonds is 3. The lowest BCUT2D eigenvalue weighted by Gasteiger charge is -2.46. The van der Waals surface area contributed by atoms with Gasteiger partial charge in [0, 0.05) is 42.6 Å². The van der Waals surface area contributed by atoms with Crippen molar-refractivity contribution in [2.24, 2.45) is 0 Å². The second kappa shape index (κ2) is 7.48. The number of pyridine rings is 1. The molecule has 2 aliphatic rings. The Morgan fingerprint density at radius 1 is 1.06 bits per heavy atom. The Morgan fingerprint density at radius 2 is 1.82 bits per heavy atom. The lowest BCUT2D eigenvalue weighted by molar-refractivity contribution is -0.116. The zero-order chi connectivity index (χ0) is 22.5. The van der Waals surface area contributed by atoms with E-state index in [-0.39, 0.29) is 24.5 Å². The first-order valence-corrected chi connectivity index (χ1v) is 11.1. The van der Waals surface area contributed by atoms with E-state index in [0.29, 0.717) is 12.2 Å². The van der Waals surface area contributed by atoms with E-state index in [1.54, 1.807) is 24.5 Å². The molecule has 33 heavy (non-hydrogen) atoms. The molecule has 2 aliphatic heterocycles. The topological polar surface area (TPSA) is 70.5 Å². The van der Waals surface area contributed by atoms with E-state index in [1.807, 2.05) is 48.3 Å². The molecule has 0 saturated carbocycles. The third kappa shape index (κ3) is 3.00. The van der Waals surface area contributed by atoms with Gasteiger partial charge in [0.05, 0.1) is 16.9 Å². The van der Waals surface area contributed by atoms with Gasteiger partial charge in [-0.1, -0.05) is 30.3 Å². The highest BCUT2D eigenvalue weighted by atomic mass is 16.2. The van der Waals surface area contributed by atoms with Gasteiger partial charge in [-0.05, 0) is 42.3 Å². The first-order chi connectivity index (χ1) is 16.1. The van der Waals surface area contributed by atoms with Gasteiger partial charge in [-0.2, -0.15) is 0 Å². The monoisotopic (exact) mass is 437 g/mol. The van der Waals surface area contributed by atoms with Crippen LogP contribution in [0, 0.1) is 0 Å². The van der Waals surface area contributed by atoms with Crippen molar-refractivity contribution in [3.05, 3.63) is 89.9 Å². The number of amides is 2. The van der Waals surface area contributed by atoms with Crippen LogP contribution in [0.1, 0.15) is 27.8 Å². The fourth-order valence-electron chi connectivity index (χ4n) is 5.26. The minimum atomic E-state index is -0.266. The van der Waals surface area contributed by atoms with Crippen LogP contribution >= 0.6 is 0 Å². The summed E-state index contributed by atoms with van der Waals surface area (Å²) in [4.78, 5) is 34.6. The van der Waals surface area contributed by atoms with Crippen LogP contribution in [-0.2, 0) is 17.8 Å². The van der Waals surface area contributed by atoms with Crippen molar-refractivity contribution < 1.29 is 9.59 Å². The largest absolute Gasteiger partial charge is 0.349 e. The Bertz CT molecular complexity index is 1390. The normalized spacial score (nSPS) is 16.9. The molecule has 0 spiro atoms. The molecule has 2 aromatic heterocycles. The molecule has 7 nitrogen and oxygen atoms in total. The van der Waals surface area contributed by atoms with E-state index in [9.17, 15) is 9.59 Å². The number of fused-ring (bicyclic) bond motifs is 6. The number of carbonyl (C=O) groups excluding carboxylic acids is 2. The molecule has 0 fully saturated rings. The fraction of sp³-hybridized carbons (Fsp3) is 0.192. The van der Waals surface area contributed by atoms with Gasteiger partial charge < -0.3 is 19.7 Å². The van der Waals surface area contributed by atoms with Gasteiger partial charge in [-0.15, -0.1) is 0 Å². The van der Waals surface area contributed by atoms with Gasteiger partial charge >= 0.3 is 0 Å². The summed E-state index contributed by atoms with van der Waals surface area (Å²) >= 11 is 0.